The number of benzene rings is 2. The van der Waals surface area contributed by atoms with Crippen LogP contribution in [-0.2, 0) is 17.6 Å². The number of unbranched alkanes of at least 4 members (excludes halogenated alkanes) is 1. The van der Waals surface area contributed by atoms with Crippen molar-refractivity contribution in [3.8, 4) is 11.5 Å². The Hall–Kier alpha value is -2.56. The Morgan fingerprint density at radius 3 is 2.68 bits per heavy atom. The maximum absolute atomic E-state index is 13.5. The molecular weight excluding hydrogens is 321 g/mol. The molecule has 5 heteroatoms. The lowest BCUT2D eigenvalue weighted by molar-refractivity contribution is -0.120. The zero-order valence-corrected chi connectivity index (χ0v) is 14.1. The van der Waals surface area contributed by atoms with E-state index in [9.17, 15) is 9.18 Å². The van der Waals surface area contributed by atoms with Crippen molar-refractivity contribution in [2.24, 2.45) is 0 Å². The molecule has 1 aliphatic heterocycles. The number of carbonyl (C=O) groups is 1. The number of fused-ring (bicyclic) bond motifs is 1. The Morgan fingerprint density at radius 1 is 1.04 bits per heavy atom. The number of amides is 1. The first-order valence-corrected chi connectivity index (χ1v) is 8.61. The summed E-state index contributed by atoms with van der Waals surface area (Å²) < 4.78 is 24.5. The van der Waals surface area contributed by atoms with Crippen molar-refractivity contribution in [3.63, 3.8) is 0 Å². The van der Waals surface area contributed by atoms with Gasteiger partial charge in [0.2, 0.25) is 5.91 Å². The summed E-state index contributed by atoms with van der Waals surface area (Å²) in [7, 11) is 0. The zero-order valence-electron chi connectivity index (χ0n) is 14.1. The highest BCUT2D eigenvalue weighted by Gasteiger charge is 2.13. The average molecular weight is 343 g/mol. The van der Waals surface area contributed by atoms with Gasteiger partial charge < -0.3 is 14.8 Å². The molecule has 0 bridgehead atoms. The van der Waals surface area contributed by atoms with Crippen molar-refractivity contribution in [1.29, 1.82) is 0 Å². The van der Waals surface area contributed by atoms with E-state index in [1.165, 1.54) is 6.07 Å². The molecule has 0 spiro atoms. The molecule has 0 saturated heterocycles. The normalized spacial score (nSPS) is 12.7. The standard InChI is InChI=1S/C20H22FNO3/c21-17-7-2-1-5-16(17)6-3-4-10-22-20(23)14-15-8-9-18-19(13-15)25-12-11-24-18/h1-2,5,7-9,13H,3-4,6,10-12,14H2,(H,22,23). The van der Waals surface area contributed by atoms with Crippen LogP contribution in [0.4, 0.5) is 4.39 Å². The molecule has 0 unspecified atom stereocenters. The van der Waals surface area contributed by atoms with E-state index < -0.39 is 0 Å². The predicted octanol–water partition coefficient (Wildman–Crippen LogP) is 3.28. The summed E-state index contributed by atoms with van der Waals surface area (Å²) in [4.78, 5) is 12.0. The van der Waals surface area contributed by atoms with Crippen molar-refractivity contribution in [2.45, 2.75) is 25.7 Å². The summed E-state index contributed by atoms with van der Waals surface area (Å²) in [6.07, 6.45) is 2.65. The van der Waals surface area contributed by atoms with Crippen LogP contribution >= 0.6 is 0 Å². The van der Waals surface area contributed by atoms with Gasteiger partial charge in [-0.05, 0) is 48.6 Å². The van der Waals surface area contributed by atoms with Crippen molar-refractivity contribution in [2.75, 3.05) is 19.8 Å². The van der Waals surface area contributed by atoms with Crippen LogP contribution in [0, 0.1) is 5.82 Å². The summed E-state index contributed by atoms with van der Waals surface area (Å²) in [5, 5.41) is 2.91. The Kier molecular flexibility index (Phi) is 5.88. The predicted molar refractivity (Wildman–Crippen MR) is 93.5 cm³/mol. The van der Waals surface area contributed by atoms with Crippen molar-refractivity contribution >= 4 is 5.91 Å². The van der Waals surface area contributed by atoms with E-state index in [2.05, 4.69) is 5.32 Å². The molecule has 0 saturated carbocycles. The second-order valence-corrected chi connectivity index (χ2v) is 6.05. The van der Waals surface area contributed by atoms with Gasteiger partial charge in [0.15, 0.2) is 11.5 Å². The van der Waals surface area contributed by atoms with Crippen molar-refractivity contribution in [1.82, 2.24) is 5.32 Å². The first kappa shape index (κ1) is 17.3. The SMILES string of the molecule is O=C(Cc1ccc2c(c1)OCCO2)NCCCCc1ccccc1F. The summed E-state index contributed by atoms with van der Waals surface area (Å²) in [5.41, 5.74) is 1.62. The third-order valence-electron chi connectivity index (χ3n) is 4.12. The molecule has 4 nitrogen and oxygen atoms in total. The molecule has 132 valence electrons. The maximum atomic E-state index is 13.5. The van der Waals surface area contributed by atoms with Crippen LogP contribution in [0.5, 0.6) is 11.5 Å². The van der Waals surface area contributed by atoms with Gasteiger partial charge in [-0.15, -0.1) is 0 Å². The van der Waals surface area contributed by atoms with Gasteiger partial charge in [-0.2, -0.15) is 0 Å². The largest absolute Gasteiger partial charge is 0.486 e. The monoisotopic (exact) mass is 343 g/mol. The molecule has 1 amide bonds. The highest BCUT2D eigenvalue weighted by molar-refractivity contribution is 5.78. The summed E-state index contributed by atoms with van der Waals surface area (Å²) in [5.74, 6) is 1.23. The average Bonchev–Trinajstić information content (AvgIpc) is 2.63. The fourth-order valence-corrected chi connectivity index (χ4v) is 2.82. The second-order valence-electron chi connectivity index (χ2n) is 6.05. The molecule has 2 aromatic rings. The van der Waals surface area contributed by atoms with Gasteiger partial charge in [0, 0.05) is 6.54 Å². The van der Waals surface area contributed by atoms with Gasteiger partial charge in [-0.1, -0.05) is 24.3 Å². The highest BCUT2D eigenvalue weighted by Crippen LogP contribution is 2.30. The van der Waals surface area contributed by atoms with E-state index in [1.54, 1.807) is 12.1 Å². The van der Waals surface area contributed by atoms with Crippen LogP contribution in [0.25, 0.3) is 0 Å². The number of ether oxygens (including phenoxy) is 2. The molecule has 0 atom stereocenters. The summed E-state index contributed by atoms with van der Waals surface area (Å²) in [6.45, 7) is 1.68. The Morgan fingerprint density at radius 2 is 1.84 bits per heavy atom. The first-order valence-electron chi connectivity index (χ1n) is 8.61. The minimum atomic E-state index is -0.162. The van der Waals surface area contributed by atoms with Gasteiger partial charge in [0.05, 0.1) is 6.42 Å². The Bertz CT molecular complexity index is 733. The number of hydrogen-bond acceptors (Lipinski definition) is 3. The molecule has 0 aliphatic carbocycles. The quantitative estimate of drug-likeness (QED) is 0.785. The maximum Gasteiger partial charge on any atom is 0.224 e. The number of rotatable bonds is 7. The Balaban J connectivity index is 1.38. The van der Waals surface area contributed by atoms with Crippen LogP contribution < -0.4 is 14.8 Å². The lowest BCUT2D eigenvalue weighted by Crippen LogP contribution is -2.26. The third-order valence-corrected chi connectivity index (χ3v) is 4.12. The molecule has 0 aromatic heterocycles. The number of hydrogen-bond donors (Lipinski definition) is 1. The number of halogens is 1. The van der Waals surface area contributed by atoms with Crippen LogP contribution in [0.3, 0.4) is 0 Å². The highest BCUT2D eigenvalue weighted by atomic mass is 19.1. The molecule has 0 radical (unpaired) electrons. The van der Waals surface area contributed by atoms with Gasteiger partial charge in [0.1, 0.15) is 19.0 Å². The fourth-order valence-electron chi connectivity index (χ4n) is 2.82. The van der Waals surface area contributed by atoms with Crippen molar-refractivity contribution < 1.29 is 18.7 Å². The molecule has 2 aromatic carbocycles. The van der Waals surface area contributed by atoms with E-state index in [1.807, 2.05) is 24.3 Å². The number of nitrogens with one attached hydrogen (secondary N) is 1. The summed E-state index contributed by atoms with van der Waals surface area (Å²) in [6, 6.07) is 12.4. The lowest BCUT2D eigenvalue weighted by Gasteiger charge is -2.18. The molecule has 1 heterocycles. The zero-order chi connectivity index (χ0) is 17.5. The third kappa shape index (κ3) is 4.95. The van der Waals surface area contributed by atoms with Crippen LogP contribution in [0.15, 0.2) is 42.5 Å². The molecule has 0 fully saturated rings. The van der Waals surface area contributed by atoms with Crippen LogP contribution in [0.1, 0.15) is 24.0 Å². The summed E-state index contributed by atoms with van der Waals surface area (Å²) >= 11 is 0. The van der Waals surface area contributed by atoms with E-state index in [-0.39, 0.29) is 11.7 Å². The van der Waals surface area contributed by atoms with Crippen LogP contribution in [-0.4, -0.2) is 25.7 Å². The van der Waals surface area contributed by atoms with E-state index in [0.717, 1.165) is 29.7 Å². The van der Waals surface area contributed by atoms with Crippen molar-refractivity contribution in [3.05, 3.63) is 59.4 Å². The smallest absolute Gasteiger partial charge is 0.224 e. The molecule has 1 N–H and O–H groups in total. The molecular formula is C20H22FNO3. The van der Waals surface area contributed by atoms with E-state index >= 15 is 0 Å². The van der Waals surface area contributed by atoms with Gasteiger partial charge >= 0.3 is 0 Å². The number of aryl methyl sites for hydroxylation is 1. The number of carbonyl (C=O) groups excluding carboxylic acids is 1. The first-order chi connectivity index (χ1) is 12.2. The van der Waals surface area contributed by atoms with Gasteiger partial charge in [-0.3, -0.25) is 4.79 Å². The van der Waals surface area contributed by atoms with E-state index in [0.29, 0.717) is 38.3 Å². The molecule has 3 rings (SSSR count). The topological polar surface area (TPSA) is 47.6 Å². The van der Waals surface area contributed by atoms with E-state index in [4.69, 9.17) is 9.47 Å². The van der Waals surface area contributed by atoms with Gasteiger partial charge in [0.25, 0.3) is 0 Å². The molecule has 25 heavy (non-hydrogen) atoms. The van der Waals surface area contributed by atoms with Crippen LogP contribution in [0.2, 0.25) is 0 Å². The minimum Gasteiger partial charge on any atom is -0.486 e. The fraction of sp³-hybridized carbons (Fsp3) is 0.350. The van der Waals surface area contributed by atoms with Gasteiger partial charge in [-0.25, -0.2) is 4.39 Å². The Labute approximate surface area is 147 Å². The minimum absolute atomic E-state index is 0.0254. The molecule has 1 aliphatic rings. The second kappa shape index (κ2) is 8.51. The lowest BCUT2D eigenvalue weighted by atomic mass is 10.1.